The van der Waals surface area contributed by atoms with Gasteiger partial charge in [-0.3, -0.25) is 0 Å². The molecule has 0 fully saturated rings. The van der Waals surface area contributed by atoms with Crippen molar-refractivity contribution in [2.75, 3.05) is 0 Å². The van der Waals surface area contributed by atoms with Gasteiger partial charge in [-0.05, 0) is 0 Å². The van der Waals surface area contributed by atoms with Gasteiger partial charge in [-0.15, -0.1) is 0 Å². The number of hydrogen-bond donors (Lipinski definition) is 1. The Morgan fingerprint density at radius 1 is 0.909 bits per heavy atom. The van der Waals surface area contributed by atoms with E-state index in [1.807, 2.05) is 0 Å². The zero-order valence-electron chi connectivity index (χ0n) is 6.12. The molecule has 64 valence electrons. The summed E-state index contributed by atoms with van der Waals surface area (Å²) in [5.74, 6) is 0. The fourth-order valence-corrected chi connectivity index (χ4v) is 0. The van der Waals surface area contributed by atoms with Crippen LogP contribution >= 0.6 is 7.82 Å². The Morgan fingerprint density at radius 2 is 0.909 bits per heavy atom. The summed E-state index contributed by atoms with van der Waals surface area (Å²) in [5.41, 5.74) is 0. The van der Waals surface area contributed by atoms with Gasteiger partial charge in [0.2, 0.25) is 0 Å². The Kier molecular flexibility index (Phi) is 108. The third kappa shape index (κ3) is 311. The van der Waals surface area contributed by atoms with E-state index >= 15 is 0 Å². The van der Waals surface area contributed by atoms with Gasteiger partial charge >= 0.3 is 59.1 Å². The summed E-state index contributed by atoms with van der Waals surface area (Å²) in [6.07, 6.45) is 0. The normalized spacial score (nSPS) is 5.36. The summed E-state index contributed by atoms with van der Waals surface area (Å²) in [4.78, 5) is 24.3. The summed E-state index contributed by atoms with van der Waals surface area (Å²) in [6, 6.07) is 0. The number of rotatable bonds is 0. The first kappa shape index (κ1) is 52.2. The Morgan fingerprint density at radius 3 is 0.909 bits per heavy atom. The van der Waals surface area contributed by atoms with Gasteiger partial charge in [-0.25, -0.2) is 0 Å². The van der Waals surface area contributed by atoms with Gasteiger partial charge in [-0.1, -0.05) is 0 Å². The molecule has 0 aromatic rings. The molecule has 0 heterocycles. The molecule has 0 aromatic heterocycles. The van der Waals surface area contributed by atoms with Gasteiger partial charge in [0, 0.05) is 0 Å². The molecule has 8 nitrogen and oxygen atoms in total. The largest absolute Gasteiger partial charge is 1.00 e. The Hall–Kier alpha value is 1.95. The first-order valence-electron chi connectivity index (χ1n) is 0.748. The zero-order valence-corrected chi connectivity index (χ0v) is 11.0. The van der Waals surface area contributed by atoms with Crippen LogP contribution in [0.3, 0.4) is 0 Å². The maximum atomic E-state index is 8.66. The zero-order chi connectivity index (χ0) is 4.50. The minimum atomic E-state index is -5.14. The quantitative estimate of drug-likeness (QED) is 0.307. The summed E-state index contributed by atoms with van der Waals surface area (Å²) in [5, 5.41) is 0. The van der Waals surface area contributed by atoms with E-state index in [-0.39, 0.29) is 81.0 Å². The first-order valence-corrected chi connectivity index (χ1v) is 2.24. The first-order chi connectivity index (χ1) is 2.00. The van der Waals surface area contributed by atoms with Crippen LogP contribution in [-0.4, -0.2) is 26.8 Å². The van der Waals surface area contributed by atoms with Crippen LogP contribution in [0.5, 0.6) is 0 Å². The average molecular weight is 214 g/mol. The fourth-order valence-electron chi connectivity index (χ4n) is 0. The molecule has 9 N–H and O–H groups in total. The van der Waals surface area contributed by atoms with E-state index in [1.165, 1.54) is 0 Å². The Labute approximate surface area is 107 Å². The second-order valence-electron chi connectivity index (χ2n) is 0.469. The smallest absolute Gasteiger partial charge is 0.790 e. The van der Waals surface area contributed by atoms with E-state index in [2.05, 4.69) is 0 Å². The van der Waals surface area contributed by atoms with Gasteiger partial charge in [0.25, 0.3) is 0 Å². The molecule has 0 aromatic carbocycles. The van der Waals surface area contributed by atoms with Crippen molar-refractivity contribution in [3.8, 4) is 0 Å². The maximum Gasteiger partial charge on any atom is 1.00 e. The van der Waals surface area contributed by atoms with Gasteiger partial charge in [0.1, 0.15) is 0 Å². The van der Waals surface area contributed by atoms with Crippen LogP contribution in [0.15, 0.2) is 0 Å². The van der Waals surface area contributed by atoms with Crippen molar-refractivity contribution in [1.82, 2.24) is 0 Å². The molecule has 11 heteroatoms. The SMILES string of the molecule is O.O.O.O.O=P([O-])([O-])O.[Na+].[Na+]. The molecule has 0 saturated carbocycles. The molecule has 0 aliphatic rings. The minimum Gasteiger partial charge on any atom is -0.790 e. The van der Waals surface area contributed by atoms with E-state index in [0.717, 1.165) is 0 Å². The summed E-state index contributed by atoms with van der Waals surface area (Å²) < 4.78 is 8.66. The molecule has 0 amide bonds. The molecular formula is H9Na2O8P. The van der Waals surface area contributed by atoms with Crippen LogP contribution in [0.25, 0.3) is 0 Å². The third-order valence-corrected chi connectivity index (χ3v) is 0. The van der Waals surface area contributed by atoms with Crippen molar-refractivity contribution in [3.63, 3.8) is 0 Å². The maximum absolute atomic E-state index is 8.66. The topological polar surface area (TPSA) is 209 Å². The van der Waals surface area contributed by atoms with Gasteiger partial charge in [-0.2, -0.15) is 0 Å². The van der Waals surface area contributed by atoms with Gasteiger partial charge in [0.05, 0.1) is 7.82 Å². The summed E-state index contributed by atoms with van der Waals surface area (Å²) >= 11 is 0. The van der Waals surface area contributed by atoms with E-state index < -0.39 is 7.82 Å². The van der Waals surface area contributed by atoms with Crippen LogP contribution in [0, 0.1) is 0 Å². The minimum absolute atomic E-state index is 0. The van der Waals surface area contributed by atoms with Crippen LogP contribution in [-0.2, 0) is 4.57 Å². The predicted octanol–water partition coefficient (Wildman–Crippen LogP) is -11.5. The van der Waals surface area contributed by atoms with Gasteiger partial charge in [0.15, 0.2) is 0 Å². The molecule has 0 spiro atoms. The third-order valence-electron chi connectivity index (χ3n) is 0. The molecule has 0 bridgehead atoms. The van der Waals surface area contributed by atoms with Crippen LogP contribution in [0.1, 0.15) is 0 Å². The predicted molar refractivity (Wildman–Crippen MR) is 24.3 cm³/mol. The summed E-state index contributed by atoms with van der Waals surface area (Å²) in [7, 11) is -5.14. The number of phosphoric acid groups is 1. The molecule has 0 radical (unpaired) electrons. The summed E-state index contributed by atoms with van der Waals surface area (Å²) in [6.45, 7) is 0. The Balaban J connectivity index is -0.00000000533. The van der Waals surface area contributed by atoms with E-state index in [9.17, 15) is 0 Å². The average Bonchev–Trinajstić information content (AvgIpc) is 0.722. The molecule has 0 atom stereocenters. The molecule has 0 saturated heterocycles. The van der Waals surface area contributed by atoms with Crippen LogP contribution < -0.4 is 68.9 Å². The second kappa shape index (κ2) is 22.7. The molecule has 0 rings (SSSR count). The van der Waals surface area contributed by atoms with Crippen molar-refractivity contribution in [2.45, 2.75) is 0 Å². The van der Waals surface area contributed by atoms with Crippen LogP contribution in [0.4, 0.5) is 0 Å². The van der Waals surface area contributed by atoms with Crippen molar-refractivity contribution in [2.24, 2.45) is 0 Å². The van der Waals surface area contributed by atoms with E-state index in [0.29, 0.717) is 0 Å². The van der Waals surface area contributed by atoms with Crippen molar-refractivity contribution in [1.29, 1.82) is 0 Å². The van der Waals surface area contributed by atoms with Crippen molar-refractivity contribution in [3.05, 3.63) is 0 Å². The van der Waals surface area contributed by atoms with E-state index in [4.69, 9.17) is 19.2 Å². The van der Waals surface area contributed by atoms with Gasteiger partial charge < -0.3 is 41.2 Å². The van der Waals surface area contributed by atoms with Crippen LogP contribution in [0.2, 0.25) is 0 Å². The van der Waals surface area contributed by atoms with Crippen molar-refractivity contribution < 1.29 is 100 Å². The Bertz CT molecular complexity index is 58.2. The van der Waals surface area contributed by atoms with Crippen molar-refractivity contribution >= 4 is 7.82 Å². The molecular weight excluding hydrogens is 205 g/mol. The second-order valence-corrected chi connectivity index (χ2v) is 1.41. The molecule has 11 heavy (non-hydrogen) atoms. The van der Waals surface area contributed by atoms with E-state index in [1.54, 1.807) is 0 Å². The molecule has 0 aliphatic carbocycles. The number of hydrogen-bond acceptors (Lipinski definition) is 3. The molecule has 0 unspecified atom stereocenters. The standard InChI is InChI=1S/2Na.H3O4P.4H2O/c;;1-5(2,3)4;;;;/h;;(H3,1,2,3,4);4*1H2/q2*+1;;;;;/p-2. The fraction of sp³-hybridized carbons (Fsp3) is 0. The molecule has 0 aliphatic heterocycles. The monoisotopic (exact) mass is 214 g/mol.